The van der Waals surface area contributed by atoms with E-state index in [0.717, 1.165) is 0 Å². The van der Waals surface area contributed by atoms with Gasteiger partial charge < -0.3 is 0 Å². The maximum Gasteiger partial charge on any atom is 0.382 e. The molecule has 1 saturated carbocycles. The second-order valence-electron chi connectivity index (χ2n) is 2.87. The monoisotopic (exact) mass is 358 g/mol. The average molecular weight is 358 g/mol. The van der Waals surface area contributed by atoms with Crippen LogP contribution in [-0.4, -0.2) is 27.4 Å². The lowest BCUT2D eigenvalue weighted by Gasteiger charge is -2.24. The lowest BCUT2D eigenvalue weighted by atomic mass is 10.2. The van der Waals surface area contributed by atoms with E-state index in [4.69, 9.17) is 0 Å². The fourth-order valence-electron chi connectivity index (χ4n) is 0.986. The van der Waals surface area contributed by atoms with E-state index in [-0.39, 0.29) is 0 Å². The zero-order valence-corrected chi connectivity index (χ0v) is 8.44. The first-order valence-corrected chi connectivity index (χ1v) is 4.22. The zero-order valence-electron chi connectivity index (χ0n) is 6.28. The molecule has 0 unspecified atom stereocenters. The second kappa shape index (κ2) is 2.67. The summed E-state index contributed by atoms with van der Waals surface area (Å²) in [5, 5.41) is 0. The summed E-state index contributed by atoms with van der Waals surface area (Å²) < 4.78 is 106. The van der Waals surface area contributed by atoms with Crippen molar-refractivity contribution >= 4 is 22.6 Å². The Hall–Kier alpha value is 0.1000. The van der Waals surface area contributed by atoms with Gasteiger partial charge in [0.2, 0.25) is 0 Å². The van der Waals surface area contributed by atoms with Crippen molar-refractivity contribution < 1.29 is 39.5 Å². The highest BCUT2D eigenvalue weighted by Crippen LogP contribution is 2.71. The standard InChI is InChI=1S/C5F9I/c6-1(7)2(8,9)4(12,13)5(14,15)3(1,10)11. The number of rotatable bonds is 0. The molecule has 0 bridgehead atoms. The molecule has 1 aliphatic carbocycles. The Morgan fingerprint density at radius 2 is 0.667 bits per heavy atom. The summed E-state index contributed by atoms with van der Waals surface area (Å²) in [6, 6.07) is 0. The topological polar surface area (TPSA) is 0 Å². The van der Waals surface area contributed by atoms with Crippen molar-refractivity contribution in [2.75, 3.05) is 0 Å². The molecular formula is C5F9I. The van der Waals surface area contributed by atoms with Gasteiger partial charge >= 0.3 is 23.7 Å². The highest BCUT2D eigenvalue weighted by Gasteiger charge is 3.00. The fraction of sp³-hybridized carbons (Fsp3) is 1.00. The Labute approximate surface area is 89.9 Å². The fourth-order valence-corrected chi connectivity index (χ4v) is 1.66. The Bertz CT molecular complexity index is 203. The molecule has 0 heterocycles. The van der Waals surface area contributed by atoms with Crippen LogP contribution in [0.3, 0.4) is 0 Å². The summed E-state index contributed by atoms with van der Waals surface area (Å²) in [5.74, 6) is -25.2. The zero-order chi connectivity index (χ0) is 12.5. The summed E-state index contributed by atoms with van der Waals surface area (Å²) in [4.78, 5) is 0. The molecule has 0 aromatic rings. The van der Waals surface area contributed by atoms with Gasteiger partial charge in [-0.05, 0) is 22.6 Å². The van der Waals surface area contributed by atoms with Crippen LogP contribution in [0.2, 0.25) is 0 Å². The minimum Gasteiger partial charge on any atom is -0.218 e. The van der Waals surface area contributed by atoms with E-state index in [2.05, 4.69) is 0 Å². The molecule has 0 aromatic heterocycles. The predicted octanol–water partition coefficient (Wildman–Crippen LogP) is 3.64. The van der Waals surface area contributed by atoms with Gasteiger partial charge in [0.05, 0.1) is 0 Å². The van der Waals surface area contributed by atoms with Crippen LogP contribution in [0.5, 0.6) is 0 Å². The molecule has 1 rings (SSSR count). The Morgan fingerprint density at radius 1 is 0.467 bits per heavy atom. The van der Waals surface area contributed by atoms with Gasteiger partial charge in [-0.25, -0.2) is 4.39 Å². The van der Waals surface area contributed by atoms with E-state index in [1.165, 1.54) is 0 Å². The van der Waals surface area contributed by atoms with Crippen molar-refractivity contribution in [2.45, 2.75) is 27.4 Å². The molecule has 0 spiro atoms. The van der Waals surface area contributed by atoms with Crippen molar-refractivity contribution in [1.82, 2.24) is 0 Å². The molecule has 0 aromatic carbocycles. The second-order valence-corrected chi connectivity index (χ2v) is 4.36. The van der Waals surface area contributed by atoms with Crippen LogP contribution in [0.15, 0.2) is 0 Å². The lowest BCUT2D eigenvalue weighted by Crippen LogP contribution is -2.51. The maximum absolute atomic E-state index is 12.7. The molecule has 0 nitrogen and oxygen atoms in total. The molecule has 10 heteroatoms. The molecule has 90 valence electrons. The third kappa shape index (κ3) is 1.01. The highest BCUT2D eigenvalue weighted by atomic mass is 127. The largest absolute Gasteiger partial charge is 0.382 e. The van der Waals surface area contributed by atoms with Crippen LogP contribution in [0.4, 0.5) is 39.5 Å². The quantitative estimate of drug-likeness (QED) is 0.353. The lowest BCUT2D eigenvalue weighted by molar-refractivity contribution is -0.303. The normalized spacial score (nSPS) is 34.0. The van der Waals surface area contributed by atoms with Crippen molar-refractivity contribution in [1.29, 1.82) is 0 Å². The van der Waals surface area contributed by atoms with E-state index in [1.54, 1.807) is 0 Å². The van der Waals surface area contributed by atoms with E-state index >= 15 is 0 Å². The van der Waals surface area contributed by atoms with Gasteiger partial charge in [-0.3, -0.25) is 0 Å². The predicted molar refractivity (Wildman–Crippen MR) is 37.6 cm³/mol. The van der Waals surface area contributed by atoms with E-state index in [0.29, 0.717) is 0 Å². The number of halogens is 10. The van der Waals surface area contributed by atoms with Crippen molar-refractivity contribution in [2.24, 2.45) is 0 Å². The molecular weight excluding hydrogens is 358 g/mol. The SMILES string of the molecule is FC1(F)C(F)(F)C(F)(F)C(F)(I)C1(F)F. The Kier molecular flexibility index (Phi) is 2.34. The van der Waals surface area contributed by atoms with E-state index in [9.17, 15) is 39.5 Å². The van der Waals surface area contributed by atoms with Gasteiger partial charge in [0.15, 0.2) is 0 Å². The number of alkyl halides is 10. The molecule has 0 saturated heterocycles. The molecule has 0 amide bonds. The maximum atomic E-state index is 12.7. The van der Waals surface area contributed by atoms with Gasteiger partial charge in [0.25, 0.3) is 3.68 Å². The molecule has 0 atom stereocenters. The summed E-state index contributed by atoms with van der Waals surface area (Å²) in [5.41, 5.74) is 0. The van der Waals surface area contributed by atoms with Gasteiger partial charge in [-0.15, -0.1) is 0 Å². The van der Waals surface area contributed by atoms with Crippen LogP contribution in [-0.2, 0) is 0 Å². The first-order chi connectivity index (χ1) is 6.25. The van der Waals surface area contributed by atoms with Crippen LogP contribution < -0.4 is 0 Å². The van der Waals surface area contributed by atoms with E-state index < -0.39 is 50.0 Å². The third-order valence-electron chi connectivity index (χ3n) is 1.97. The van der Waals surface area contributed by atoms with Crippen molar-refractivity contribution in [3.8, 4) is 0 Å². The molecule has 15 heavy (non-hydrogen) atoms. The van der Waals surface area contributed by atoms with Crippen LogP contribution in [0.1, 0.15) is 0 Å². The molecule has 0 radical (unpaired) electrons. The minimum atomic E-state index is -6.44. The van der Waals surface area contributed by atoms with E-state index in [1.807, 2.05) is 0 Å². The van der Waals surface area contributed by atoms with Crippen LogP contribution >= 0.6 is 22.6 Å². The smallest absolute Gasteiger partial charge is 0.218 e. The van der Waals surface area contributed by atoms with Crippen LogP contribution in [0, 0.1) is 0 Å². The van der Waals surface area contributed by atoms with Gasteiger partial charge in [-0.1, -0.05) is 0 Å². The molecule has 1 fully saturated rings. The highest BCUT2D eigenvalue weighted by molar-refractivity contribution is 14.1. The number of hydrogen-bond donors (Lipinski definition) is 0. The summed E-state index contributed by atoms with van der Waals surface area (Å²) in [6.45, 7) is 0. The first-order valence-electron chi connectivity index (χ1n) is 3.14. The number of hydrogen-bond acceptors (Lipinski definition) is 0. The summed E-state index contributed by atoms with van der Waals surface area (Å²) in [7, 11) is 0. The molecule has 0 aliphatic heterocycles. The van der Waals surface area contributed by atoms with Crippen molar-refractivity contribution in [3.05, 3.63) is 0 Å². The third-order valence-corrected chi connectivity index (χ3v) is 3.33. The van der Waals surface area contributed by atoms with Crippen LogP contribution in [0.25, 0.3) is 0 Å². The average Bonchev–Trinajstić information content (AvgIpc) is 2.04. The Morgan fingerprint density at radius 3 is 0.733 bits per heavy atom. The summed E-state index contributed by atoms with van der Waals surface area (Å²) in [6.07, 6.45) is 0. The summed E-state index contributed by atoms with van der Waals surface area (Å²) >= 11 is -0.425. The Balaban J connectivity index is 3.55. The van der Waals surface area contributed by atoms with Gasteiger partial charge in [0.1, 0.15) is 0 Å². The van der Waals surface area contributed by atoms with Gasteiger partial charge in [0, 0.05) is 0 Å². The van der Waals surface area contributed by atoms with Gasteiger partial charge in [-0.2, -0.15) is 35.1 Å². The molecule has 0 N–H and O–H groups in total. The first kappa shape index (κ1) is 13.2. The van der Waals surface area contributed by atoms with Crippen molar-refractivity contribution in [3.63, 3.8) is 0 Å². The minimum absolute atomic E-state index is 0.425. The molecule has 1 aliphatic rings.